The Hall–Kier alpha value is -1.56. The molecule has 108 valence electrons. The molecular formula is C13H13Cl2NO4. The largest absolute Gasteiger partial charge is 0.480 e. The van der Waals surface area contributed by atoms with Crippen LogP contribution in [-0.2, 0) is 9.59 Å². The van der Waals surface area contributed by atoms with Gasteiger partial charge in [0.05, 0.1) is 6.10 Å². The SMILES string of the molecule is CC(O)C(NC(=O)/C=C/c1cc(Cl)ccc1Cl)C(=O)O. The van der Waals surface area contributed by atoms with Gasteiger partial charge < -0.3 is 15.5 Å². The van der Waals surface area contributed by atoms with E-state index in [1.54, 1.807) is 18.2 Å². The number of carboxylic acid groups (broad SMARTS) is 1. The topological polar surface area (TPSA) is 86.6 Å². The molecule has 5 nitrogen and oxygen atoms in total. The van der Waals surface area contributed by atoms with Gasteiger partial charge >= 0.3 is 5.97 Å². The molecule has 1 amide bonds. The van der Waals surface area contributed by atoms with Crippen LogP contribution in [0.3, 0.4) is 0 Å². The van der Waals surface area contributed by atoms with Crippen molar-refractivity contribution in [2.45, 2.75) is 19.1 Å². The molecule has 1 rings (SSSR count). The minimum absolute atomic E-state index is 0.406. The van der Waals surface area contributed by atoms with Gasteiger partial charge in [0.15, 0.2) is 6.04 Å². The fraction of sp³-hybridized carbons (Fsp3) is 0.231. The second-order valence-corrected chi connectivity index (χ2v) is 4.91. The zero-order chi connectivity index (χ0) is 15.3. The lowest BCUT2D eigenvalue weighted by Gasteiger charge is -2.15. The quantitative estimate of drug-likeness (QED) is 0.724. The Morgan fingerprint density at radius 3 is 2.55 bits per heavy atom. The van der Waals surface area contributed by atoms with Gasteiger partial charge in [-0.25, -0.2) is 4.79 Å². The van der Waals surface area contributed by atoms with Crippen LogP contribution in [-0.4, -0.2) is 34.2 Å². The number of aliphatic carboxylic acids is 1. The van der Waals surface area contributed by atoms with E-state index in [2.05, 4.69) is 5.32 Å². The highest BCUT2D eigenvalue weighted by Gasteiger charge is 2.23. The number of carboxylic acids is 1. The average molecular weight is 318 g/mol. The molecule has 0 bridgehead atoms. The van der Waals surface area contributed by atoms with E-state index in [4.69, 9.17) is 28.3 Å². The third kappa shape index (κ3) is 4.85. The maximum atomic E-state index is 11.6. The lowest BCUT2D eigenvalue weighted by Crippen LogP contribution is -2.47. The van der Waals surface area contributed by atoms with Gasteiger partial charge in [-0.15, -0.1) is 0 Å². The predicted molar refractivity (Wildman–Crippen MR) is 76.7 cm³/mol. The fourth-order valence-electron chi connectivity index (χ4n) is 1.40. The maximum absolute atomic E-state index is 11.6. The Bertz CT molecular complexity index is 543. The van der Waals surface area contributed by atoms with Gasteiger partial charge in [-0.3, -0.25) is 4.79 Å². The minimum Gasteiger partial charge on any atom is -0.480 e. The standard InChI is InChI=1S/C13H13Cl2NO4/c1-7(17)12(13(19)20)16-11(18)5-2-8-6-9(14)3-4-10(8)15/h2-7,12,17H,1H3,(H,16,18)(H,19,20)/b5-2+. The first kappa shape index (κ1) is 16.5. The van der Waals surface area contributed by atoms with Gasteiger partial charge in [0, 0.05) is 16.1 Å². The number of hydrogen-bond acceptors (Lipinski definition) is 3. The van der Waals surface area contributed by atoms with Crippen molar-refractivity contribution < 1.29 is 19.8 Å². The van der Waals surface area contributed by atoms with Crippen molar-refractivity contribution in [2.24, 2.45) is 0 Å². The van der Waals surface area contributed by atoms with E-state index in [0.717, 1.165) is 6.08 Å². The highest BCUT2D eigenvalue weighted by molar-refractivity contribution is 6.34. The van der Waals surface area contributed by atoms with Crippen molar-refractivity contribution in [2.75, 3.05) is 0 Å². The summed E-state index contributed by atoms with van der Waals surface area (Å²) in [6.45, 7) is 1.27. The number of halogens is 2. The summed E-state index contributed by atoms with van der Waals surface area (Å²) >= 11 is 11.7. The normalized spacial score (nSPS) is 14.0. The van der Waals surface area contributed by atoms with Crippen LogP contribution in [0.15, 0.2) is 24.3 Å². The maximum Gasteiger partial charge on any atom is 0.328 e. The van der Waals surface area contributed by atoms with Gasteiger partial charge in [-0.1, -0.05) is 23.2 Å². The van der Waals surface area contributed by atoms with Crippen LogP contribution >= 0.6 is 23.2 Å². The Balaban J connectivity index is 2.77. The number of aliphatic hydroxyl groups is 1. The monoisotopic (exact) mass is 317 g/mol. The molecule has 2 unspecified atom stereocenters. The van der Waals surface area contributed by atoms with E-state index in [-0.39, 0.29) is 0 Å². The molecule has 3 N–H and O–H groups in total. The summed E-state index contributed by atoms with van der Waals surface area (Å²) < 4.78 is 0. The second kappa shape index (κ2) is 7.28. The van der Waals surface area contributed by atoms with Gasteiger partial charge in [0.2, 0.25) is 5.91 Å². The van der Waals surface area contributed by atoms with E-state index < -0.39 is 24.0 Å². The third-order valence-corrected chi connectivity index (χ3v) is 3.00. The third-order valence-electron chi connectivity index (χ3n) is 2.42. The number of hydrogen-bond donors (Lipinski definition) is 3. The molecule has 0 saturated carbocycles. The molecule has 2 atom stereocenters. The van der Waals surface area contributed by atoms with E-state index in [1.807, 2.05) is 0 Å². The summed E-state index contributed by atoms with van der Waals surface area (Å²) in [5.74, 6) is -1.98. The van der Waals surface area contributed by atoms with Crippen LogP contribution in [0.1, 0.15) is 12.5 Å². The second-order valence-electron chi connectivity index (χ2n) is 4.06. The molecule has 0 aliphatic carbocycles. The lowest BCUT2D eigenvalue weighted by molar-refractivity contribution is -0.144. The summed E-state index contributed by atoms with van der Waals surface area (Å²) in [4.78, 5) is 22.4. The molecule has 20 heavy (non-hydrogen) atoms. The molecule has 1 aromatic rings. The molecule has 1 aromatic carbocycles. The number of benzene rings is 1. The summed E-state index contributed by atoms with van der Waals surface area (Å²) in [5, 5.41) is 21.1. The molecule has 0 saturated heterocycles. The first-order valence-corrected chi connectivity index (χ1v) is 6.41. The highest BCUT2D eigenvalue weighted by Crippen LogP contribution is 2.21. The van der Waals surface area contributed by atoms with Crippen molar-refractivity contribution in [3.63, 3.8) is 0 Å². The number of carbonyl (C=O) groups excluding carboxylic acids is 1. The molecule has 0 radical (unpaired) electrons. The van der Waals surface area contributed by atoms with Gasteiger partial charge in [0.25, 0.3) is 0 Å². The van der Waals surface area contributed by atoms with E-state index in [1.165, 1.54) is 13.0 Å². The molecule has 7 heteroatoms. The number of carbonyl (C=O) groups is 2. The molecule has 0 aromatic heterocycles. The van der Waals surface area contributed by atoms with Crippen LogP contribution in [0.4, 0.5) is 0 Å². The van der Waals surface area contributed by atoms with Gasteiger partial charge in [-0.2, -0.15) is 0 Å². The van der Waals surface area contributed by atoms with Crippen molar-refractivity contribution in [3.05, 3.63) is 39.9 Å². The molecule has 0 fully saturated rings. The number of nitrogens with one attached hydrogen (secondary N) is 1. The van der Waals surface area contributed by atoms with E-state index in [0.29, 0.717) is 15.6 Å². The predicted octanol–water partition coefficient (Wildman–Crippen LogP) is 1.96. The summed E-state index contributed by atoms with van der Waals surface area (Å²) in [6.07, 6.45) is 1.32. The van der Waals surface area contributed by atoms with Crippen molar-refractivity contribution >= 4 is 41.2 Å². The smallest absolute Gasteiger partial charge is 0.328 e. The van der Waals surface area contributed by atoms with Crippen molar-refractivity contribution in [3.8, 4) is 0 Å². The Morgan fingerprint density at radius 1 is 1.35 bits per heavy atom. The first-order chi connectivity index (χ1) is 9.31. The highest BCUT2D eigenvalue weighted by atomic mass is 35.5. The first-order valence-electron chi connectivity index (χ1n) is 5.65. The van der Waals surface area contributed by atoms with Gasteiger partial charge in [-0.05, 0) is 36.8 Å². The molecule has 0 heterocycles. The summed E-state index contributed by atoms with van der Waals surface area (Å²) in [5.41, 5.74) is 0.526. The average Bonchev–Trinajstić information content (AvgIpc) is 2.36. The zero-order valence-corrected chi connectivity index (χ0v) is 12.0. The Labute approximate surface area is 125 Å². The number of rotatable bonds is 5. The van der Waals surface area contributed by atoms with Crippen molar-refractivity contribution in [1.82, 2.24) is 5.32 Å². The number of amides is 1. The molecule has 0 aliphatic rings. The van der Waals surface area contributed by atoms with Gasteiger partial charge in [0.1, 0.15) is 0 Å². The van der Waals surface area contributed by atoms with Crippen molar-refractivity contribution in [1.29, 1.82) is 0 Å². The Kier molecular flexibility index (Phi) is 6.01. The fourth-order valence-corrected chi connectivity index (χ4v) is 1.76. The van der Waals surface area contributed by atoms with Crippen LogP contribution in [0.2, 0.25) is 10.0 Å². The summed E-state index contributed by atoms with van der Waals surface area (Å²) in [7, 11) is 0. The van der Waals surface area contributed by atoms with Crippen LogP contribution in [0.25, 0.3) is 6.08 Å². The van der Waals surface area contributed by atoms with Crippen LogP contribution in [0, 0.1) is 0 Å². The minimum atomic E-state index is -1.37. The Morgan fingerprint density at radius 2 is 2.00 bits per heavy atom. The van der Waals surface area contributed by atoms with Crippen LogP contribution in [0.5, 0.6) is 0 Å². The van der Waals surface area contributed by atoms with E-state index in [9.17, 15) is 14.7 Å². The molecule has 0 aliphatic heterocycles. The zero-order valence-electron chi connectivity index (χ0n) is 10.5. The van der Waals surface area contributed by atoms with E-state index >= 15 is 0 Å². The lowest BCUT2D eigenvalue weighted by atomic mass is 10.1. The molecular weight excluding hydrogens is 305 g/mol. The van der Waals surface area contributed by atoms with Crippen LogP contribution < -0.4 is 5.32 Å². The number of aliphatic hydroxyl groups excluding tert-OH is 1. The summed E-state index contributed by atoms with van der Waals surface area (Å²) in [6, 6.07) is 3.38. The molecule has 0 spiro atoms.